The summed E-state index contributed by atoms with van der Waals surface area (Å²) in [5.41, 5.74) is 0.979. The molecule has 0 aliphatic heterocycles. The monoisotopic (exact) mass is 329 g/mol. The van der Waals surface area contributed by atoms with E-state index in [0.717, 1.165) is 24.1 Å². The van der Waals surface area contributed by atoms with E-state index in [2.05, 4.69) is 4.72 Å². The zero-order chi connectivity index (χ0) is 16.3. The molecule has 0 heterocycles. The fourth-order valence-corrected chi connectivity index (χ4v) is 2.89. The second kappa shape index (κ2) is 6.50. The third kappa shape index (κ3) is 3.66. The first-order valence-electron chi connectivity index (χ1n) is 6.55. The van der Waals surface area contributed by atoms with Gasteiger partial charge in [-0.25, -0.2) is 26.3 Å². The summed E-state index contributed by atoms with van der Waals surface area (Å²) >= 11 is 0. The molecule has 0 aliphatic carbocycles. The molecule has 2 aromatic rings. The fraction of sp³-hybridized carbons (Fsp3) is 0.200. The predicted molar refractivity (Wildman–Crippen MR) is 76.2 cm³/mol. The van der Waals surface area contributed by atoms with Crippen molar-refractivity contribution in [2.24, 2.45) is 0 Å². The molecule has 0 saturated carbocycles. The summed E-state index contributed by atoms with van der Waals surface area (Å²) in [4.78, 5) is 0.0488. The van der Waals surface area contributed by atoms with Gasteiger partial charge in [0.1, 0.15) is 0 Å². The average molecular weight is 329 g/mol. The van der Waals surface area contributed by atoms with Crippen LogP contribution in [0.25, 0.3) is 0 Å². The molecule has 0 amide bonds. The van der Waals surface area contributed by atoms with Gasteiger partial charge in [0.15, 0.2) is 17.5 Å². The van der Waals surface area contributed by atoms with E-state index in [9.17, 15) is 21.6 Å². The quantitative estimate of drug-likeness (QED) is 0.857. The zero-order valence-electron chi connectivity index (χ0n) is 11.7. The molecule has 0 saturated heterocycles. The van der Waals surface area contributed by atoms with Crippen LogP contribution in [-0.4, -0.2) is 8.42 Å². The minimum Gasteiger partial charge on any atom is -0.207 e. The van der Waals surface area contributed by atoms with Gasteiger partial charge in [-0.1, -0.05) is 19.1 Å². The summed E-state index contributed by atoms with van der Waals surface area (Å²) in [7, 11) is -3.81. The Hall–Kier alpha value is -1.86. The predicted octanol–water partition coefficient (Wildman–Crippen LogP) is 3.14. The van der Waals surface area contributed by atoms with Gasteiger partial charge in [-0.15, -0.1) is 0 Å². The van der Waals surface area contributed by atoms with E-state index in [4.69, 9.17) is 0 Å². The normalized spacial score (nSPS) is 11.6. The van der Waals surface area contributed by atoms with Crippen LogP contribution in [0.1, 0.15) is 18.1 Å². The second-order valence-electron chi connectivity index (χ2n) is 4.70. The van der Waals surface area contributed by atoms with Crippen LogP contribution in [0.3, 0.4) is 0 Å². The topological polar surface area (TPSA) is 46.2 Å². The molecule has 118 valence electrons. The zero-order valence-corrected chi connectivity index (χ0v) is 12.6. The van der Waals surface area contributed by atoms with Gasteiger partial charge in [0.2, 0.25) is 10.0 Å². The Morgan fingerprint density at radius 3 is 2.00 bits per heavy atom. The lowest BCUT2D eigenvalue weighted by atomic mass is 10.2. The van der Waals surface area contributed by atoms with Crippen molar-refractivity contribution < 1.29 is 21.6 Å². The Balaban J connectivity index is 2.15. The Morgan fingerprint density at radius 2 is 1.50 bits per heavy atom. The van der Waals surface area contributed by atoms with Crippen molar-refractivity contribution in [3.05, 3.63) is 65.0 Å². The lowest BCUT2D eigenvalue weighted by molar-refractivity contribution is 0.445. The summed E-state index contributed by atoms with van der Waals surface area (Å²) in [5, 5.41) is 0. The average Bonchev–Trinajstić information content (AvgIpc) is 2.50. The smallest absolute Gasteiger partial charge is 0.207 e. The van der Waals surface area contributed by atoms with Crippen LogP contribution < -0.4 is 4.72 Å². The number of aryl methyl sites for hydroxylation is 1. The van der Waals surface area contributed by atoms with Crippen molar-refractivity contribution in [1.82, 2.24) is 4.72 Å². The molecule has 0 aliphatic rings. The highest BCUT2D eigenvalue weighted by Crippen LogP contribution is 2.15. The van der Waals surface area contributed by atoms with Crippen molar-refractivity contribution >= 4 is 10.0 Å². The van der Waals surface area contributed by atoms with Crippen LogP contribution in [0, 0.1) is 17.5 Å². The fourth-order valence-electron chi connectivity index (χ4n) is 1.88. The second-order valence-corrected chi connectivity index (χ2v) is 6.46. The molecule has 0 fully saturated rings. The van der Waals surface area contributed by atoms with Gasteiger partial charge in [0, 0.05) is 6.54 Å². The molecule has 22 heavy (non-hydrogen) atoms. The molecule has 1 N–H and O–H groups in total. The van der Waals surface area contributed by atoms with Crippen molar-refractivity contribution in [2.75, 3.05) is 0 Å². The number of nitrogens with one attached hydrogen (secondary N) is 1. The maximum atomic E-state index is 13.1. The molecular weight excluding hydrogens is 315 g/mol. The van der Waals surface area contributed by atoms with Crippen LogP contribution in [-0.2, 0) is 23.0 Å². The van der Waals surface area contributed by atoms with Gasteiger partial charge in [-0.2, -0.15) is 0 Å². The maximum absolute atomic E-state index is 13.1. The number of benzene rings is 2. The summed E-state index contributed by atoms with van der Waals surface area (Å²) in [6.07, 6.45) is 0.780. The van der Waals surface area contributed by atoms with E-state index in [1.165, 1.54) is 12.1 Å². The standard InChI is InChI=1S/C15H14F3NO2S/c1-2-10-3-5-12(6-4-10)22(20,21)19-9-11-7-13(16)15(18)14(17)8-11/h3-8,19H,2,9H2,1H3. The first-order valence-corrected chi connectivity index (χ1v) is 8.04. The molecule has 0 bridgehead atoms. The first-order chi connectivity index (χ1) is 10.3. The lowest BCUT2D eigenvalue weighted by Crippen LogP contribution is -2.23. The van der Waals surface area contributed by atoms with Gasteiger partial charge in [0.25, 0.3) is 0 Å². The lowest BCUT2D eigenvalue weighted by Gasteiger charge is -2.08. The Kier molecular flexibility index (Phi) is 4.87. The highest BCUT2D eigenvalue weighted by molar-refractivity contribution is 7.89. The Labute approximate surface area is 126 Å². The van der Waals surface area contributed by atoms with Gasteiger partial charge in [-0.05, 0) is 41.8 Å². The molecule has 0 radical (unpaired) electrons. The van der Waals surface area contributed by atoms with Crippen molar-refractivity contribution in [2.45, 2.75) is 24.8 Å². The van der Waals surface area contributed by atoms with Crippen molar-refractivity contribution in [1.29, 1.82) is 0 Å². The summed E-state index contributed by atoms with van der Waals surface area (Å²) in [6.45, 7) is 1.60. The van der Waals surface area contributed by atoms with E-state index in [1.54, 1.807) is 12.1 Å². The largest absolute Gasteiger partial charge is 0.240 e. The maximum Gasteiger partial charge on any atom is 0.240 e. The number of sulfonamides is 1. The van der Waals surface area contributed by atoms with Crippen molar-refractivity contribution in [3.8, 4) is 0 Å². The number of hydrogen-bond acceptors (Lipinski definition) is 2. The third-order valence-electron chi connectivity index (χ3n) is 3.15. The van der Waals surface area contributed by atoms with Crippen LogP contribution in [0.15, 0.2) is 41.3 Å². The van der Waals surface area contributed by atoms with E-state index >= 15 is 0 Å². The van der Waals surface area contributed by atoms with Gasteiger partial charge in [0.05, 0.1) is 4.90 Å². The highest BCUT2D eigenvalue weighted by atomic mass is 32.2. The van der Waals surface area contributed by atoms with Gasteiger partial charge >= 0.3 is 0 Å². The van der Waals surface area contributed by atoms with Gasteiger partial charge < -0.3 is 0 Å². The van der Waals surface area contributed by atoms with E-state index in [0.29, 0.717) is 0 Å². The number of halogens is 3. The van der Waals surface area contributed by atoms with E-state index in [1.807, 2.05) is 6.92 Å². The van der Waals surface area contributed by atoms with E-state index in [-0.39, 0.29) is 17.0 Å². The van der Waals surface area contributed by atoms with Gasteiger partial charge in [-0.3, -0.25) is 0 Å². The summed E-state index contributed by atoms with van der Waals surface area (Å²) < 4.78 is 65.3. The molecule has 0 atom stereocenters. The molecule has 2 rings (SSSR count). The van der Waals surface area contributed by atoms with Crippen molar-refractivity contribution in [3.63, 3.8) is 0 Å². The summed E-state index contributed by atoms with van der Waals surface area (Å²) in [6, 6.07) is 7.78. The summed E-state index contributed by atoms with van der Waals surface area (Å²) in [5.74, 6) is -4.30. The van der Waals surface area contributed by atoms with E-state index < -0.39 is 27.5 Å². The molecule has 7 heteroatoms. The third-order valence-corrected chi connectivity index (χ3v) is 4.57. The molecule has 0 unspecified atom stereocenters. The molecule has 0 spiro atoms. The Morgan fingerprint density at radius 1 is 0.955 bits per heavy atom. The van der Waals surface area contributed by atoms with Crippen LogP contribution >= 0.6 is 0 Å². The first kappa shape index (κ1) is 16.5. The molecular formula is C15H14F3NO2S. The molecule has 2 aromatic carbocycles. The number of rotatable bonds is 5. The SMILES string of the molecule is CCc1ccc(S(=O)(=O)NCc2cc(F)c(F)c(F)c2)cc1. The minimum absolute atomic E-state index is 0.00912. The van der Waals surface area contributed by atoms with Crippen LogP contribution in [0.5, 0.6) is 0 Å². The Bertz CT molecular complexity index is 751. The highest BCUT2D eigenvalue weighted by Gasteiger charge is 2.15. The molecule has 3 nitrogen and oxygen atoms in total. The van der Waals surface area contributed by atoms with Crippen LogP contribution in [0.2, 0.25) is 0 Å². The minimum atomic E-state index is -3.81. The van der Waals surface area contributed by atoms with Crippen LogP contribution in [0.4, 0.5) is 13.2 Å². The molecule has 0 aromatic heterocycles. The number of hydrogen-bond donors (Lipinski definition) is 1.